The predicted molar refractivity (Wildman–Crippen MR) is 162 cm³/mol. The van der Waals surface area contributed by atoms with Gasteiger partial charge in [0.05, 0.1) is 11.1 Å². The molecule has 4 aromatic rings. The van der Waals surface area contributed by atoms with Crippen LogP contribution in [-0.4, -0.2) is 12.5 Å². The van der Waals surface area contributed by atoms with Crippen LogP contribution in [0, 0.1) is 22.7 Å². The molecule has 2 nitrogen and oxygen atoms in total. The van der Waals surface area contributed by atoms with Gasteiger partial charge in [0.2, 0.25) is 0 Å². The lowest BCUT2D eigenvalue weighted by atomic mass is 9.92. The van der Waals surface area contributed by atoms with Gasteiger partial charge in [0.25, 0.3) is 0 Å². The van der Waals surface area contributed by atoms with Crippen LogP contribution in [0.25, 0.3) is 11.1 Å². The Morgan fingerprint density at radius 1 is 0.526 bits per heavy atom. The van der Waals surface area contributed by atoms with Crippen molar-refractivity contribution in [2.45, 2.75) is 9.79 Å². The molecular weight excluding hydrogens is 501 g/mol. The average molecular weight is 527 g/mol. The Morgan fingerprint density at radius 3 is 1.21 bits per heavy atom. The topological polar surface area (TPSA) is 47.6 Å². The van der Waals surface area contributed by atoms with Crippen LogP contribution in [0.3, 0.4) is 0 Å². The molecule has 0 aliphatic heterocycles. The van der Waals surface area contributed by atoms with E-state index in [1.807, 2.05) is 110 Å². The molecule has 0 saturated carbocycles. The number of nitrogens with zero attached hydrogens (tertiary/aromatic N) is 2. The van der Waals surface area contributed by atoms with Gasteiger partial charge in [-0.05, 0) is 70.2 Å². The number of hydrogen-bond donors (Lipinski definition) is 0. The van der Waals surface area contributed by atoms with Gasteiger partial charge in [-0.25, -0.2) is 0 Å². The maximum Gasteiger partial charge on any atom is 0.101 e. The first-order valence-corrected chi connectivity index (χ1v) is 14.5. The summed E-state index contributed by atoms with van der Waals surface area (Å²) in [5.41, 5.74) is 6.46. The summed E-state index contributed by atoms with van der Waals surface area (Å²) in [6.45, 7) is 0. The molecule has 0 N–H and O–H groups in total. The van der Waals surface area contributed by atoms with E-state index in [9.17, 15) is 10.5 Å². The summed E-state index contributed by atoms with van der Waals surface area (Å²) < 4.78 is 0. The number of benzene rings is 4. The summed E-state index contributed by atoms with van der Waals surface area (Å²) >= 11 is 3.31. The van der Waals surface area contributed by atoms with Gasteiger partial charge in [-0.15, -0.1) is 23.5 Å². The Bertz CT molecular complexity index is 1460. The third kappa shape index (κ3) is 6.18. The highest BCUT2D eigenvalue weighted by Gasteiger charge is 2.15. The molecular formula is C34H26N2S2. The zero-order valence-electron chi connectivity index (χ0n) is 21.3. The Hall–Kier alpha value is -4.22. The van der Waals surface area contributed by atoms with E-state index in [0.29, 0.717) is 11.1 Å². The van der Waals surface area contributed by atoms with Crippen LogP contribution in [0.4, 0.5) is 0 Å². The van der Waals surface area contributed by atoms with Crippen molar-refractivity contribution >= 4 is 34.7 Å². The van der Waals surface area contributed by atoms with E-state index in [4.69, 9.17) is 0 Å². The number of rotatable bonds is 8. The molecule has 0 spiro atoms. The van der Waals surface area contributed by atoms with Gasteiger partial charge >= 0.3 is 0 Å². The minimum Gasteiger partial charge on any atom is -0.192 e. The standard InChI is InChI=1S/C34H26N2S2/c1-37-33-19-11-9-17-29(33)31(25-13-5-3-6-14-25)21-27(23-35)28(24-36)22-32(26-15-7-4-8-16-26)30-18-10-12-20-34(30)38-2/h3-22H,1-2H3. The summed E-state index contributed by atoms with van der Waals surface area (Å²) in [4.78, 5) is 2.21. The maximum absolute atomic E-state index is 10.3. The monoisotopic (exact) mass is 526 g/mol. The second-order valence-electron chi connectivity index (χ2n) is 8.30. The molecule has 0 aromatic heterocycles. The molecule has 0 fully saturated rings. The lowest BCUT2D eigenvalue weighted by molar-refractivity contribution is 1.37. The van der Waals surface area contributed by atoms with Gasteiger partial charge in [-0.3, -0.25) is 0 Å². The summed E-state index contributed by atoms with van der Waals surface area (Å²) in [6.07, 6.45) is 7.79. The van der Waals surface area contributed by atoms with Crippen LogP contribution in [-0.2, 0) is 0 Å². The molecule has 4 rings (SSSR count). The van der Waals surface area contributed by atoms with Gasteiger partial charge < -0.3 is 0 Å². The molecule has 4 aromatic carbocycles. The highest BCUT2D eigenvalue weighted by Crippen LogP contribution is 2.35. The normalized spacial score (nSPS) is 12.3. The first-order valence-electron chi connectivity index (χ1n) is 12.1. The fourth-order valence-electron chi connectivity index (χ4n) is 4.23. The van der Waals surface area contributed by atoms with Crippen LogP contribution >= 0.6 is 23.5 Å². The van der Waals surface area contributed by atoms with Gasteiger partial charge in [0.15, 0.2) is 0 Å². The third-order valence-electron chi connectivity index (χ3n) is 6.07. The quantitative estimate of drug-likeness (QED) is 0.131. The van der Waals surface area contributed by atoms with E-state index in [1.54, 1.807) is 23.5 Å². The first kappa shape index (κ1) is 26.8. The van der Waals surface area contributed by atoms with Crippen molar-refractivity contribution in [2.75, 3.05) is 12.5 Å². The molecule has 184 valence electrons. The van der Waals surface area contributed by atoms with E-state index in [1.165, 1.54) is 0 Å². The SMILES string of the molecule is CSc1ccccc1C(=CC(C#N)=C(C#N)C=C(c1ccccc1)c1ccccc1SC)c1ccccc1. The smallest absolute Gasteiger partial charge is 0.101 e. The maximum atomic E-state index is 10.3. The van der Waals surface area contributed by atoms with Crippen LogP contribution in [0.2, 0.25) is 0 Å². The molecule has 0 radical (unpaired) electrons. The molecule has 0 aliphatic carbocycles. The highest BCUT2D eigenvalue weighted by atomic mass is 32.2. The van der Waals surface area contributed by atoms with E-state index in [-0.39, 0.29) is 0 Å². The van der Waals surface area contributed by atoms with E-state index in [2.05, 4.69) is 36.4 Å². The Labute approximate surface area is 233 Å². The number of thioether (sulfide) groups is 2. The summed E-state index contributed by atoms with van der Waals surface area (Å²) in [7, 11) is 0. The molecule has 0 atom stereocenters. The number of hydrogen-bond acceptors (Lipinski definition) is 4. The molecule has 0 unspecified atom stereocenters. The van der Waals surface area contributed by atoms with E-state index >= 15 is 0 Å². The summed E-state index contributed by atoms with van der Waals surface area (Å²) in [6, 6.07) is 40.9. The Kier molecular flexibility index (Phi) is 9.43. The third-order valence-corrected chi connectivity index (χ3v) is 7.66. The average Bonchev–Trinajstić information content (AvgIpc) is 3.00. The van der Waals surface area contributed by atoms with Crippen LogP contribution in [0.5, 0.6) is 0 Å². The van der Waals surface area contributed by atoms with Crippen molar-refractivity contribution in [1.82, 2.24) is 0 Å². The van der Waals surface area contributed by atoms with Crippen molar-refractivity contribution in [3.05, 3.63) is 155 Å². The molecule has 4 heteroatoms. The van der Waals surface area contributed by atoms with Gasteiger partial charge in [0, 0.05) is 9.79 Å². The number of allylic oxidation sites excluding steroid dienone is 4. The number of nitriles is 2. The highest BCUT2D eigenvalue weighted by molar-refractivity contribution is 7.98. The molecule has 0 amide bonds. The first-order chi connectivity index (χ1) is 18.7. The van der Waals surface area contributed by atoms with Crippen molar-refractivity contribution < 1.29 is 0 Å². The van der Waals surface area contributed by atoms with E-state index < -0.39 is 0 Å². The van der Waals surface area contributed by atoms with Crippen molar-refractivity contribution in [3.8, 4) is 12.1 Å². The molecule has 38 heavy (non-hydrogen) atoms. The second-order valence-corrected chi connectivity index (χ2v) is 10.00. The van der Waals surface area contributed by atoms with Crippen LogP contribution < -0.4 is 0 Å². The summed E-state index contributed by atoms with van der Waals surface area (Å²) in [5.74, 6) is 0. The zero-order chi connectivity index (χ0) is 26.7. The van der Waals surface area contributed by atoms with Gasteiger partial charge in [0.1, 0.15) is 12.1 Å². The van der Waals surface area contributed by atoms with Crippen molar-refractivity contribution in [2.24, 2.45) is 0 Å². The van der Waals surface area contributed by atoms with E-state index in [0.717, 1.165) is 43.2 Å². The molecule has 0 heterocycles. The Morgan fingerprint density at radius 2 is 0.868 bits per heavy atom. The Balaban J connectivity index is 2.00. The van der Waals surface area contributed by atoms with Gasteiger partial charge in [-0.1, -0.05) is 97.1 Å². The minimum atomic E-state index is 0.317. The fraction of sp³-hybridized carbons (Fsp3) is 0.0588. The van der Waals surface area contributed by atoms with Gasteiger partial charge in [-0.2, -0.15) is 10.5 Å². The summed E-state index contributed by atoms with van der Waals surface area (Å²) in [5, 5.41) is 20.6. The minimum absolute atomic E-state index is 0.317. The lowest BCUT2D eigenvalue weighted by Gasteiger charge is -2.14. The van der Waals surface area contributed by atoms with Crippen LogP contribution in [0.15, 0.2) is 142 Å². The lowest BCUT2D eigenvalue weighted by Crippen LogP contribution is -1.95. The van der Waals surface area contributed by atoms with Crippen LogP contribution in [0.1, 0.15) is 22.3 Å². The molecule has 0 saturated heterocycles. The molecule has 0 bridgehead atoms. The van der Waals surface area contributed by atoms with Crippen molar-refractivity contribution in [1.29, 1.82) is 10.5 Å². The second kappa shape index (κ2) is 13.4. The fourth-order valence-corrected chi connectivity index (χ4v) is 5.46. The van der Waals surface area contributed by atoms with Crippen molar-refractivity contribution in [3.63, 3.8) is 0 Å². The predicted octanol–water partition coefficient (Wildman–Crippen LogP) is 9.04. The largest absolute Gasteiger partial charge is 0.192 e. The molecule has 0 aliphatic rings. The zero-order valence-corrected chi connectivity index (χ0v) is 22.9.